The van der Waals surface area contributed by atoms with Gasteiger partial charge in [-0.15, -0.1) is 11.3 Å². The zero-order valence-electron chi connectivity index (χ0n) is 18.0. The number of aromatic nitrogens is 2. The van der Waals surface area contributed by atoms with E-state index in [1.54, 1.807) is 23.4 Å². The highest BCUT2D eigenvalue weighted by atomic mass is 35.5. The lowest BCUT2D eigenvalue weighted by molar-refractivity contribution is -0.125. The SMILES string of the molecule is Cc1cc(NC(=O)Cc2cccnc(-c3ccc(Cl)s3)[nH]cc2)ccc1N1CCOCC1=O. The Kier molecular flexibility index (Phi) is 7.39. The van der Waals surface area contributed by atoms with Gasteiger partial charge in [-0.2, -0.15) is 0 Å². The van der Waals surface area contributed by atoms with Gasteiger partial charge in [-0.05, 0) is 60.5 Å². The van der Waals surface area contributed by atoms with Crippen LogP contribution in [-0.4, -0.2) is 41.5 Å². The number of hydrogen-bond acceptors (Lipinski definition) is 5. The second kappa shape index (κ2) is 10.6. The first-order chi connectivity index (χ1) is 16.0. The van der Waals surface area contributed by atoms with Crippen LogP contribution >= 0.6 is 22.9 Å². The molecule has 170 valence electrons. The molecule has 1 fully saturated rings. The molecule has 0 aliphatic carbocycles. The molecule has 0 spiro atoms. The fourth-order valence-electron chi connectivity index (χ4n) is 3.50. The van der Waals surface area contributed by atoms with E-state index in [1.807, 2.05) is 49.4 Å². The molecule has 3 heterocycles. The largest absolute Gasteiger partial charge is 0.370 e. The summed E-state index contributed by atoms with van der Waals surface area (Å²) in [5.41, 5.74) is 3.25. The summed E-state index contributed by atoms with van der Waals surface area (Å²) in [7, 11) is 0. The smallest absolute Gasteiger partial charge is 0.253 e. The molecular formula is C24H23ClN4O3S. The van der Waals surface area contributed by atoms with Crippen molar-refractivity contribution in [2.24, 2.45) is 0 Å². The van der Waals surface area contributed by atoms with E-state index in [2.05, 4.69) is 15.3 Å². The van der Waals surface area contributed by atoms with Crippen LogP contribution in [0, 0.1) is 6.92 Å². The van der Waals surface area contributed by atoms with Crippen molar-refractivity contribution >= 4 is 46.1 Å². The van der Waals surface area contributed by atoms with E-state index in [9.17, 15) is 9.59 Å². The molecule has 0 radical (unpaired) electrons. The van der Waals surface area contributed by atoms with E-state index >= 15 is 0 Å². The third-order valence-electron chi connectivity index (χ3n) is 5.05. The second-order valence-electron chi connectivity index (χ2n) is 7.47. The van der Waals surface area contributed by atoms with Crippen LogP contribution in [0.5, 0.6) is 0 Å². The van der Waals surface area contributed by atoms with E-state index in [4.69, 9.17) is 16.3 Å². The van der Waals surface area contributed by atoms with Crippen LogP contribution in [0.3, 0.4) is 0 Å². The maximum absolute atomic E-state index is 12.7. The number of H-pyrrole nitrogens is 1. The fourth-order valence-corrected chi connectivity index (χ4v) is 4.50. The number of halogens is 1. The van der Waals surface area contributed by atoms with E-state index < -0.39 is 0 Å². The van der Waals surface area contributed by atoms with Crippen LogP contribution in [0.2, 0.25) is 4.34 Å². The summed E-state index contributed by atoms with van der Waals surface area (Å²) in [6, 6.07) is 14.8. The lowest BCUT2D eigenvalue weighted by Gasteiger charge is -2.28. The number of amides is 2. The van der Waals surface area contributed by atoms with Crippen LogP contribution in [-0.2, 0) is 20.7 Å². The molecular weight excluding hydrogens is 460 g/mol. The number of benzene rings is 1. The molecule has 2 N–H and O–H groups in total. The minimum atomic E-state index is -0.140. The van der Waals surface area contributed by atoms with Gasteiger partial charge in [0.15, 0.2) is 0 Å². The van der Waals surface area contributed by atoms with Crippen LogP contribution < -0.4 is 10.2 Å². The Balaban J connectivity index is 1.44. The molecule has 1 saturated heterocycles. The molecule has 1 aromatic carbocycles. The number of carbonyl (C=O) groups excluding carboxylic acids is 2. The lowest BCUT2D eigenvalue weighted by Crippen LogP contribution is -2.42. The normalized spacial score (nSPS) is 13.5. The monoisotopic (exact) mass is 482 g/mol. The number of anilines is 2. The molecule has 0 unspecified atom stereocenters. The number of rotatable bonds is 5. The maximum atomic E-state index is 12.7. The third-order valence-corrected chi connectivity index (χ3v) is 6.28. The molecule has 1 aliphatic rings. The van der Waals surface area contributed by atoms with Crippen molar-refractivity contribution in [1.82, 2.24) is 9.97 Å². The number of nitrogens with zero attached hydrogens (tertiary/aromatic N) is 2. The van der Waals surface area contributed by atoms with Crippen molar-refractivity contribution < 1.29 is 14.3 Å². The number of morpholine rings is 1. The quantitative estimate of drug-likeness (QED) is 0.548. The zero-order valence-corrected chi connectivity index (χ0v) is 19.6. The van der Waals surface area contributed by atoms with E-state index in [0.717, 1.165) is 21.7 Å². The second-order valence-corrected chi connectivity index (χ2v) is 9.18. The average molecular weight is 483 g/mol. The Morgan fingerprint density at radius 3 is 2.91 bits per heavy atom. The molecule has 3 aromatic rings. The lowest BCUT2D eigenvalue weighted by atomic mass is 10.1. The number of aromatic amines is 1. The number of hydrogen-bond donors (Lipinski definition) is 2. The molecule has 4 rings (SSSR count). The molecule has 7 nitrogen and oxygen atoms in total. The van der Waals surface area contributed by atoms with Gasteiger partial charge < -0.3 is 19.9 Å². The van der Waals surface area contributed by atoms with Gasteiger partial charge in [-0.25, -0.2) is 4.98 Å². The van der Waals surface area contributed by atoms with Crippen LogP contribution in [0.15, 0.2) is 60.9 Å². The number of carbonyl (C=O) groups is 2. The number of ether oxygens (including phenoxy) is 1. The Hall–Kier alpha value is -3.20. The summed E-state index contributed by atoms with van der Waals surface area (Å²) in [6.07, 6.45) is 3.64. The number of thiophene rings is 1. The Labute approximate surface area is 200 Å². The van der Waals surface area contributed by atoms with E-state index in [-0.39, 0.29) is 24.8 Å². The first kappa shape index (κ1) is 23.0. The summed E-state index contributed by atoms with van der Waals surface area (Å²) in [5, 5.41) is 2.93. The van der Waals surface area contributed by atoms with E-state index in [1.165, 1.54) is 11.3 Å². The highest BCUT2D eigenvalue weighted by molar-refractivity contribution is 7.19. The Morgan fingerprint density at radius 1 is 1.27 bits per heavy atom. The Bertz CT molecular complexity index is 1220. The number of aryl methyl sites for hydroxylation is 1. The van der Waals surface area contributed by atoms with Crippen LogP contribution in [0.25, 0.3) is 10.7 Å². The van der Waals surface area contributed by atoms with Gasteiger partial charge in [0.25, 0.3) is 5.91 Å². The van der Waals surface area contributed by atoms with Gasteiger partial charge in [0, 0.05) is 30.3 Å². The zero-order chi connectivity index (χ0) is 23.2. The van der Waals surface area contributed by atoms with Crippen LogP contribution in [0.1, 0.15) is 11.1 Å². The van der Waals surface area contributed by atoms with Crippen molar-refractivity contribution in [3.8, 4) is 10.7 Å². The third kappa shape index (κ3) is 5.98. The first-order valence-electron chi connectivity index (χ1n) is 10.4. The molecule has 2 amide bonds. The van der Waals surface area contributed by atoms with Gasteiger partial charge in [0.05, 0.1) is 22.2 Å². The maximum Gasteiger partial charge on any atom is 0.253 e. The van der Waals surface area contributed by atoms with Crippen molar-refractivity contribution in [2.45, 2.75) is 13.3 Å². The Morgan fingerprint density at radius 2 is 2.15 bits per heavy atom. The number of nitrogens with one attached hydrogen (secondary N) is 2. The standard InChI is InChI=1S/C24H23ClN4O3S/c1-16-13-18(4-5-19(16)29-11-12-32-15-23(29)31)28-22(30)14-17-3-2-9-26-24(27-10-8-17)20-6-7-21(25)33-20/h2-10,13H,11-12,14-15H2,1H3,(H,26,27)(H,28,30). The average Bonchev–Trinajstić information content (AvgIpc) is 3.25. The molecule has 0 atom stereocenters. The van der Waals surface area contributed by atoms with Gasteiger partial charge in [-0.1, -0.05) is 17.7 Å². The summed E-state index contributed by atoms with van der Waals surface area (Å²) >= 11 is 7.46. The van der Waals surface area contributed by atoms with Gasteiger partial charge in [0.1, 0.15) is 12.4 Å². The molecule has 9 heteroatoms. The van der Waals surface area contributed by atoms with Crippen molar-refractivity contribution in [3.63, 3.8) is 0 Å². The molecule has 33 heavy (non-hydrogen) atoms. The molecule has 0 bridgehead atoms. The van der Waals surface area contributed by atoms with Gasteiger partial charge in [-0.3, -0.25) is 9.59 Å². The summed E-state index contributed by atoms with van der Waals surface area (Å²) < 4.78 is 5.89. The summed E-state index contributed by atoms with van der Waals surface area (Å²) in [5.74, 6) is 0.489. The highest BCUT2D eigenvalue weighted by Crippen LogP contribution is 2.28. The highest BCUT2D eigenvalue weighted by Gasteiger charge is 2.21. The van der Waals surface area contributed by atoms with Crippen molar-refractivity contribution in [2.75, 3.05) is 30.0 Å². The molecule has 1 aliphatic heterocycles. The molecule has 2 aromatic heterocycles. The summed E-state index contributed by atoms with van der Waals surface area (Å²) in [4.78, 5) is 35.0. The summed E-state index contributed by atoms with van der Waals surface area (Å²) in [6.45, 7) is 3.06. The predicted molar refractivity (Wildman–Crippen MR) is 131 cm³/mol. The minimum Gasteiger partial charge on any atom is -0.370 e. The van der Waals surface area contributed by atoms with Crippen molar-refractivity contribution in [3.05, 3.63) is 76.4 Å². The first-order valence-corrected chi connectivity index (χ1v) is 11.6. The topological polar surface area (TPSA) is 87.3 Å². The predicted octanol–water partition coefficient (Wildman–Crippen LogP) is 4.77. The van der Waals surface area contributed by atoms with E-state index in [0.29, 0.717) is 29.0 Å². The van der Waals surface area contributed by atoms with Crippen molar-refractivity contribution in [1.29, 1.82) is 0 Å². The fraction of sp³-hybridized carbons (Fsp3) is 0.208. The van der Waals surface area contributed by atoms with Crippen LogP contribution in [0.4, 0.5) is 11.4 Å². The van der Waals surface area contributed by atoms with Gasteiger partial charge in [0.2, 0.25) is 5.91 Å². The molecule has 0 saturated carbocycles. The minimum absolute atomic E-state index is 0.0592. The van der Waals surface area contributed by atoms with Gasteiger partial charge >= 0.3 is 0 Å².